The second-order valence-electron chi connectivity index (χ2n) is 6.19. The zero-order valence-corrected chi connectivity index (χ0v) is 14.8. The van der Waals surface area contributed by atoms with Crippen LogP contribution < -0.4 is 5.43 Å². The summed E-state index contributed by atoms with van der Waals surface area (Å²) in [5, 5.41) is 0.514. The van der Waals surface area contributed by atoms with Crippen molar-refractivity contribution in [3.63, 3.8) is 0 Å². The summed E-state index contributed by atoms with van der Waals surface area (Å²) in [5.41, 5.74) is 1.08. The van der Waals surface area contributed by atoms with Crippen LogP contribution >= 0.6 is 11.8 Å². The number of carbonyl (C=O) groups excluding carboxylic acids is 1. The lowest BCUT2D eigenvalue weighted by molar-refractivity contribution is 0.0690. The van der Waals surface area contributed by atoms with Crippen LogP contribution in [0.5, 0.6) is 0 Å². The second-order valence-corrected chi connectivity index (χ2v) is 7.57. The van der Waals surface area contributed by atoms with Crippen molar-refractivity contribution < 1.29 is 9.21 Å². The van der Waals surface area contributed by atoms with Crippen LogP contribution in [-0.2, 0) is 0 Å². The Kier molecular flexibility index (Phi) is 5.09. The minimum absolute atomic E-state index is 0.143. The van der Waals surface area contributed by atoms with Gasteiger partial charge in [0.05, 0.1) is 0 Å². The van der Waals surface area contributed by atoms with Gasteiger partial charge < -0.3 is 9.32 Å². The Morgan fingerprint density at radius 1 is 1.17 bits per heavy atom. The molecule has 3 rings (SSSR count). The summed E-state index contributed by atoms with van der Waals surface area (Å²) in [4.78, 5) is 27.1. The number of likely N-dealkylation sites (tertiary alicyclic amines) is 1. The van der Waals surface area contributed by atoms with Crippen LogP contribution in [0.25, 0.3) is 0 Å². The van der Waals surface area contributed by atoms with E-state index in [9.17, 15) is 9.59 Å². The fourth-order valence-corrected chi connectivity index (χ4v) is 4.17. The Morgan fingerprint density at radius 3 is 2.58 bits per heavy atom. The smallest absolute Gasteiger partial charge is 0.289 e. The molecule has 1 aliphatic heterocycles. The first-order chi connectivity index (χ1) is 11.5. The number of aryl methyl sites for hydroxylation is 2. The number of thioether (sulfide) groups is 1. The van der Waals surface area contributed by atoms with E-state index in [1.807, 2.05) is 11.8 Å². The number of benzene rings is 1. The molecule has 0 N–H and O–H groups in total. The van der Waals surface area contributed by atoms with Gasteiger partial charge >= 0.3 is 0 Å². The lowest BCUT2D eigenvalue weighted by Gasteiger charge is -2.31. The summed E-state index contributed by atoms with van der Waals surface area (Å²) in [6, 6.07) is 11.2. The summed E-state index contributed by atoms with van der Waals surface area (Å²) in [6.45, 7) is 5.17. The average molecular weight is 343 g/mol. The maximum atomic E-state index is 12.5. The van der Waals surface area contributed by atoms with Crippen LogP contribution in [-0.4, -0.2) is 29.1 Å². The SMILES string of the molecule is Cc1cccc(SC2CCN(C(=O)c3cc(=O)cc(C)o3)CC2)c1. The number of nitrogens with zero attached hydrogens (tertiary/aromatic N) is 1. The van der Waals surface area contributed by atoms with Gasteiger partial charge in [-0.3, -0.25) is 9.59 Å². The summed E-state index contributed by atoms with van der Waals surface area (Å²) >= 11 is 1.88. The largest absolute Gasteiger partial charge is 0.456 e. The highest BCUT2D eigenvalue weighted by Gasteiger charge is 2.25. The van der Waals surface area contributed by atoms with E-state index in [0.29, 0.717) is 24.1 Å². The molecule has 1 aliphatic rings. The van der Waals surface area contributed by atoms with Crippen molar-refractivity contribution in [2.24, 2.45) is 0 Å². The monoisotopic (exact) mass is 343 g/mol. The lowest BCUT2D eigenvalue weighted by Crippen LogP contribution is -2.39. The minimum atomic E-state index is -0.188. The molecule has 5 heteroatoms. The third-order valence-electron chi connectivity index (χ3n) is 4.12. The Bertz CT molecular complexity index is 791. The Morgan fingerprint density at radius 2 is 1.92 bits per heavy atom. The van der Waals surface area contributed by atoms with E-state index >= 15 is 0 Å². The molecule has 1 fully saturated rings. The Labute approximate surface area is 145 Å². The number of hydrogen-bond donors (Lipinski definition) is 0. The Balaban J connectivity index is 1.60. The molecule has 1 aromatic carbocycles. The molecule has 2 aromatic rings. The van der Waals surface area contributed by atoms with Crippen molar-refractivity contribution in [2.75, 3.05) is 13.1 Å². The van der Waals surface area contributed by atoms with Gasteiger partial charge in [0, 0.05) is 35.4 Å². The number of rotatable bonds is 3. The van der Waals surface area contributed by atoms with Gasteiger partial charge in [-0.15, -0.1) is 11.8 Å². The van der Waals surface area contributed by atoms with Gasteiger partial charge in [0.2, 0.25) is 0 Å². The molecule has 0 bridgehead atoms. The lowest BCUT2D eigenvalue weighted by atomic mass is 10.1. The zero-order chi connectivity index (χ0) is 17.1. The maximum Gasteiger partial charge on any atom is 0.289 e. The molecule has 0 spiro atoms. The second kappa shape index (κ2) is 7.26. The van der Waals surface area contributed by atoms with Crippen LogP contribution in [0, 0.1) is 13.8 Å². The van der Waals surface area contributed by atoms with Crippen molar-refractivity contribution in [1.82, 2.24) is 4.90 Å². The van der Waals surface area contributed by atoms with Gasteiger partial charge in [-0.1, -0.05) is 17.7 Å². The van der Waals surface area contributed by atoms with Gasteiger partial charge in [-0.25, -0.2) is 0 Å². The molecule has 0 atom stereocenters. The predicted molar refractivity (Wildman–Crippen MR) is 95.7 cm³/mol. The summed E-state index contributed by atoms with van der Waals surface area (Å²) in [5.74, 6) is 0.426. The summed E-state index contributed by atoms with van der Waals surface area (Å²) in [7, 11) is 0. The molecule has 0 aliphatic carbocycles. The van der Waals surface area contributed by atoms with Crippen LogP contribution in [0.2, 0.25) is 0 Å². The van der Waals surface area contributed by atoms with Crippen molar-refractivity contribution >= 4 is 17.7 Å². The molecule has 1 aromatic heterocycles. The van der Waals surface area contributed by atoms with Gasteiger partial charge in [-0.05, 0) is 38.8 Å². The molecular weight excluding hydrogens is 322 g/mol. The highest BCUT2D eigenvalue weighted by molar-refractivity contribution is 8.00. The zero-order valence-electron chi connectivity index (χ0n) is 14.0. The fraction of sp³-hybridized carbons (Fsp3) is 0.368. The van der Waals surface area contributed by atoms with Crippen molar-refractivity contribution in [2.45, 2.75) is 36.8 Å². The van der Waals surface area contributed by atoms with Gasteiger partial charge in [0.1, 0.15) is 5.76 Å². The molecule has 0 radical (unpaired) electrons. The van der Waals surface area contributed by atoms with Crippen LogP contribution in [0.4, 0.5) is 0 Å². The van der Waals surface area contributed by atoms with Crippen LogP contribution in [0.1, 0.15) is 34.7 Å². The molecule has 2 heterocycles. The van der Waals surface area contributed by atoms with E-state index in [2.05, 4.69) is 31.2 Å². The third kappa shape index (κ3) is 4.09. The quantitative estimate of drug-likeness (QED) is 0.853. The minimum Gasteiger partial charge on any atom is -0.456 e. The molecule has 126 valence electrons. The van der Waals surface area contributed by atoms with Crippen molar-refractivity contribution in [3.8, 4) is 0 Å². The highest BCUT2D eigenvalue weighted by Crippen LogP contribution is 2.31. The number of hydrogen-bond acceptors (Lipinski definition) is 4. The normalized spacial score (nSPS) is 15.5. The molecule has 1 saturated heterocycles. The third-order valence-corrected chi connectivity index (χ3v) is 5.45. The maximum absolute atomic E-state index is 12.5. The molecule has 1 amide bonds. The first-order valence-corrected chi connectivity index (χ1v) is 9.03. The number of amides is 1. The molecule has 24 heavy (non-hydrogen) atoms. The topological polar surface area (TPSA) is 50.5 Å². The first-order valence-electron chi connectivity index (χ1n) is 8.15. The van der Waals surface area contributed by atoms with Gasteiger partial charge in [-0.2, -0.15) is 0 Å². The van der Waals surface area contributed by atoms with E-state index in [1.54, 1.807) is 11.8 Å². The molecule has 0 saturated carbocycles. The van der Waals surface area contributed by atoms with Crippen LogP contribution in [0.15, 0.2) is 50.5 Å². The van der Waals surface area contributed by atoms with E-state index < -0.39 is 0 Å². The van der Waals surface area contributed by atoms with Crippen molar-refractivity contribution in [1.29, 1.82) is 0 Å². The average Bonchev–Trinajstić information content (AvgIpc) is 2.54. The number of carbonyl (C=O) groups is 1. The summed E-state index contributed by atoms with van der Waals surface area (Å²) < 4.78 is 5.41. The number of piperidine rings is 1. The predicted octanol–water partition coefficient (Wildman–Crippen LogP) is 3.65. The van der Waals surface area contributed by atoms with E-state index in [1.165, 1.54) is 22.6 Å². The van der Waals surface area contributed by atoms with Crippen molar-refractivity contribution in [3.05, 3.63) is 63.7 Å². The first kappa shape index (κ1) is 16.8. The Hall–Kier alpha value is -2.01. The standard InChI is InChI=1S/C19H21NO3S/c1-13-4-3-5-17(10-13)24-16-6-8-20(9-7-16)19(22)18-12-15(21)11-14(2)23-18/h3-5,10-12,16H,6-9H2,1-2H3. The molecule has 4 nitrogen and oxygen atoms in total. The fourth-order valence-electron chi connectivity index (χ4n) is 2.92. The summed E-state index contributed by atoms with van der Waals surface area (Å²) in [6.07, 6.45) is 1.89. The van der Waals surface area contributed by atoms with Crippen LogP contribution in [0.3, 0.4) is 0 Å². The van der Waals surface area contributed by atoms with E-state index in [-0.39, 0.29) is 17.1 Å². The van der Waals surface area contributed by atoms with E-state index in [0.717, 1.165) is 12.8 Å². The van der Waals surface area contributed by atoms with Gasteiger partial charge in [0.15, 0.2) is 11.2 Å². The highest BCUT2D eigenvalue weighted by atomic mass is 32.2. The molecule has 0 unspecified atom stereocenters. The van der Waals surface area contributed by atoms with Gasteiger partial charge in [0.25, 0.3) is 5.91 Å². The van der Waals surface area contributed by atoms with E-state index in [4.69, 9.17) is 4.42 Å². The molecular formula is C19H21NO3S.